The highest BCUT2D eigenvalue weighted by molar-refractivity contribution is 5.29. The maximum Gasteiger partial charge on any atom is 0.223 e. The monoisotopic (exact) mass is 298 g/mol. The fraction of sp³-hybridized carbons (Fsp3) is 0.667. The molecular formula is C15H26N2O4. The van der Waals surface area contributed by atoms with Crippen molar-refractivity contribution >= 4 is 0 Å². The number of nitrogens with zero attached hydrogens (tertiary/aromatic N) is 2. The van der Waals surface area contributed by atoms with E-state index in [1.54, 1.807) is 0 Å². The third-order valence-corrected chi connectivity index (χ3v) is 3.35. The van der Waals surface area contributed by atoms with Crippen molar-refractivity contribution < 1.29 is 15.3 Å². The van der Waals surface area contributed by atoms with Crippen molar-refractivity contribution in [1.29, 1.82) is 0 Å². The first-order valence-corrected chi connectivity index (χ1v) is 7.27. The summed E-state index contributed by atoms with van der Waals surface area (Å²) < 4.78 is 1.93. The Morgan fingerprint density at radius 2 is 1.81 bits per heavy atom. The molecule has 0 atom stereocenters. The fourth-order valence-corrected chi connectivity index (χ4v) is 2.36. The van der Waals surface area contributed by atoms with Gasteiger partial charge in [0.05, 0.1) is 18.9 Å². The molecule has 120 valence electrons. The molecule has 0 aliphatic rings. The summed E-state index contributed by atoms with van der Waals surface area (Å²) in [6.07, 6.45) is 0. The van der Waals surface area contributed by atoms with Gasteiger partial charge >= 0.3 is 0 Å². The highest BCUT2D eigenvalue weighted by atomic mass is 16.3. The van der Waals surface area contributed by atoms with E-state index in [0.29, 0.717) is 37.8 Å². The molecule has 0 amide bonds. The van der Waals surface area contributed by atoms with Crippen LogP contribution in [0.3, 0.4) is 0 Å². The predicted molar refractivity (Wildman–Crippen MR) is 81.4 cm³/mol. The van der Waals surface area contributed by atoms with Crippen LogP contribution in [0.15, 0.2) is 10.9 Å². The van der Waals surface area contributed by atoms with E-state index < -0.39 is 5.43 Å². The highest BCUT2D eigenvalue weighted by Crippen LogP contribution is 2.18. The lowest BCUT2D eigenvalue weighted by Crippen LogP contribution is -2.32. The van der Waals surface area contributed by atoms with Crippen molar-refractivity contribution in [1.82, 2.24) is 9.47 Å². The zero-order valence-corrected chi connectivity index (χ0v) is 13.0. The molecule has 6 nitrogen and oxygen atoms in total. The molecule has 0 aliphatic carbocycles. The van der Waals surface area contributed by atoms with E-state index in [1.165, 1.54) is 6.07 Å². The number of hydrogen-bond acceptors (Lipinski definition) is 5. The van der Waals surface area contributed by atoms with E-state index in [4.69, 9.17) is 10.2 Å². The van der Waals surface area contributed by atoms with Gasteiger partial charge in [0.1, 0.15) is 0 Å². The number of hydrogen-bond donors (Lipinski definition) is 3. The molecule has 0 saturated carbocycles. The molecule has 0 spiro atoms. The van der Waals surface area contributed by atoms with Crippen LogP contribution < -0.4 is 5.43 Å². The van der Waals surface area contributed by atoms with Gasteiger partial charge in [0.15, 0.2) is 5.75 Å². The normalized spacial score (nSPS) is 11.6. The van der Waals surface area contributed by atoms with Crippen molar-refractivity contribution in [2.24, 2.45) is 5.92 Å². The summed E-state index contributed by atoms with van der Waals surface area (Å²) in [7, 11) is 0. The molecule has 3 N–H and O–H groups in total. The summed E-state index contributed by atoms with van der Waals surface area (Å²) in [6.45, 7) is 7.66. The largest absolute Gasteiger partial charge is 0.503 e. The molecule has 1 aromatic rings. The molecule has 0 bridgehead atoms. The summed E-state index contributed by atoms with van der Waals surface area (Å²) >= 11 is 0. The van der Waals surface area contributed by atoms with Crippen LogP contribution in [-0.2, 0) is 13.1 Å². The van der Waals surface area contributed by atoms with Crippen LogP contribution in [-0.4, -0.2) is 51.1 Å². The van der Waals surface area contributed by atoms with Gasteiger partial charge in [0.2, 0.25) is 5.43 Å². The Balaban J connectivity index is 3.20. The Labute approximate surface area is 125 Å². The maximum atomic E-state index is 11.8. The van der Waals surface area contributed by atoms with E-state index in [0.717, 1.165) is 5.69 Å². The van der Waals surface area contributed by atoms with Crippen LogP contribution in [0.1, 0.15) is 25.2 Å². The van der Waals surface area contributed by atoms with Crippen LogP contribution in [0.25, 0.3) is 0 Å². The average molecular weight is 298 g/mol. The average Bonchev–Trinajstić information content (AvgIpc) is 2.40. The SMILES string of the molecule is Cc1cc(=O)c(O)c(CN(CCO)CCO)n1CC(C)C. The molecule has 0 aromatic carbocycles. The molecule has 6 heteroatoms. The topological polar surface area (TPSA) is 85.9 Å². The molecule has 0 saturated heterocycles. The summed E-state index contributed by atoms with van der Waals surface area (Å²) in [5, 5.41) is 28.3. The van der Waals surface area contributed by atoms with E-state index in [2.05, 4.69) is 13.8 Å². The van der Waals surface area contributed by atoms with Crippen LogP contribution in [0.5, 0.6) is 5.75 Å². The zero-order chi connectivity index (χ0) is 16.0. The minimum Gasteiger partial charge on any atom is -0.503 e. The first kappa shape index (κ1) is 17.7. The number of rotatable bonds is 8. The van der Waals surface area contributed by atoms with Crippen LogP contribution >= 0.6 is 0 Å². The summed E-state index contributed by atoms with van der Waals surface area (Å²) in [6, 6.07) is 1.43. The number of aryl methyl sites for hydroxylation is 1. The standard InChI is InChI=1S/C15H26N2O4/c1-11(2)9-17-12(3)8-14(20)15(21)13(17)10-16(4-6-18)5-7-19/h8,11,18-19,21H,4-7,9-10H2,1-3H3. The van der Waals surface area contributed by atoms with E-state index in [1.807, 2.05) is 16.4 Å². The lowest BCUT2D eigenvalue weighted by molar-refractivity contribution is 0.151. The van der Waals surface area contributed by atoms with Gasteiger partial charge in [-0.1, -0.05) is 13.8 Å². The van der Waals surface area contributed by atoms with Gasteiger partial charge in [0.25, 0.3) is 0 Å². The third-order valence-electron chi connectivity index (χ3n) is 3.35. The Morgan fingerprint density at radius 3 is 2.29 bits per heavy atom. The van der Waals surface area contributed by atoms with E-state index in [-0.39, 0.29) is 19.0 Å². The number of aromatic nitrogens is 1. The van der Waals surface area contributed by atoms with Gasteiger partial charge < -0.3 is 19.9 Å². The molecular weight excluding hydrogens is 272 g/mol. The second-order valence-electron chi connectivity index (χ2n) is 5.67. The summed E-state index contributed by atoms with van der Waals surface area (Å²) in [5.41, 5.74) is 0.945. The Morgan fingerprint density at radius 1 is 1.24 bits per heavy atom. The van der Waals surface area contributed by atoms with Gasteiger partial charge in [-0.3, -0.25) is 9.69 Å². The van der Waals surface area contributed by atoms with Gasteiger partial charge in [0, 0.05) is 37.9 Å². The Bertz CT molecular complexity index is 505. The molecule has 0 radical (unpaired) electrons. The fourth-order valence-electron chi connectivity index (χ4n) is 2.36. The second kappa shape index (κ2) is 8.17. The molecule has 0 aliphatic heterocycles. The molecule has 1 rings (SSSR count). The van der Waals surface area contributed by atoms with Gasteiger partial charge in [-0.2, -0.15) is 0 Å². The van der Waals surface area contributed by atoms with Gasteiger partial charge in [-0.05, 0) is 12.8 Å². The Kier molecular flexibility index (Phi) is 6.87. The number of aliphatic hydroxyl groups excluding tert-OH is 2. The molecule has 0 unspecified atom stereocenters. The van der Waals surface area contributed by atoms with Crippen molar-refractivity contribution in [2.45, 2.75) is 33.9 Å². The van der Waals surface area contributed by atoms with Crippen molar-refractivity contribution in [2.75, 3.05) is 26.3 Å². The van der Waals surface area contributed by atoms with E-state index >= 15 is 0 Å². The number of pyridine rings is 1. The van der Waals surface area contributed by atoms with Gasteiger partial charge in [-0.25, -0.2) is 0 Å². The second-order valence-corrected chi connectivity index (χ2v) is 5.67. The van der Waals surface area contributed by atoms with Crippen molar-refractivity contribution in [3.63, 3.8) is 0 Å². The lowest BCUT2D eigenvalue weighted by Gasteiger charge is -2.25. The van der Waals surface area contributed by atoms with Crippen molar-refractivity contribution in [3.8, 4) is 5.75 Å². The predicted octanol–water partition coefficient (Wildman–Crippen LogP) is 0.305. The molecule has 1 aromatic heterocycles. The Hall–Kier alpha value is -1.37. The highest BCUT2D eigenvalue weighted by Gasteiger charge is 2.17. The zero-order valence-electron chi connectivity index (χ0n) is 13.0. The van der Waals surface area contributed by atoms with E-state index in [9.17, 15) is 9.90 Å². The van der Waals surface area contributed by atoms with Gasteiger partial charge in [-0.15, -0.1) is 0 Å². The molecule has 0 fully saturated rings. The quantitative estimate of drug-likeness (QED) is 0.643. The van der Waals surface area contributed by atoms with Crippen LogP contribution in [0.2, 0.25) is 0 Å². The summed E-state index contributed by atoms with van der Waals surface area (Å²) in [5.74, 6) is 0.121. The lowest BCUT2D eigenvalue weighted by atomic mass is 10.1. The first-order valence-electron chi connectivity index (χ1n) is 7.27. The summed E-state index contributed by atoms with van der Waals surface area (Å²) in [4.78, 5) is 13.6. The first-order chi connectivity index (χ1) is 9.90. The number of aliphatic hydroxyl groups is 2. The van der Waals surface area contributed by atoms with Crippen LogP contribution in [0.4, 0.5) is 0 Å². The maximum absolute atomic E-state index is 11.8. The molecule has 21 heavy (non-hydrogen) atoms. The minimum atomic E-state index is -0.393. The molecule has 1 heterocycles. The van der Waals surface area contributed by atoms with Crippen molar-refractivity contribution in [3.05, 3.63) is 27.7 Å². The smallest absolute Gasteiger partial charge is 0.223 e. The van der Waals surface area contributed by atoms with Crippen LogP contribution in [0, 0.1) is 12.8 Å². The third kappa shape index (κ3) is 4.84. The number of aromatic hydroxyl groups is 1. The minimum absolute atomic E-state index is 0.0407.